The predicted octanol–water partition coefficient (Wildman–Crippen LogP) is -1.57. The zero-order chi connectivity index (χ0) is 7.44. The lowest BCUT2D eigenvalue weighted by Crippen LogP contribution is -2.36. The van der Waals surface area contributed by atoms with Crippen molar-refractivity contribution in [3.05, 3.63) is 0 Å². The molecule has 1 amide bonds. The maximum atomic E-state index is 10.1. The molecular formula is C4H8ClNO3. The van der Waals surface area contributed by atoms with E-state index < -0.39 is 24.0 Å². The second-order valence-corrected chi connectivity index (χ2v) is 2.02. The molecule has 0 heterocycles. The topological polar surface area (TPSA) is 83.6 Å². The Morgan fingerprint density at radius 3 is 2.33 bits per heavy atom. The lowest BCUT2D eigenvalue weighted by Gasteiger charge is -2.09. The Kier molecular flexibility index (Phi) is 3.53. The Morgan fingerprint density at radius 1 is 1.78 bits per heavy atom. The number of carbonyl (C=O) groups is 1. The molecule has 2 atom stereocenters. The van der Waals surface area contributed by atoms with Crippen LogP contribution in [0.4, 0.5) is 0 Å². The van der Waals surface area contributed by atoms with E-state index in [9.17, 15) is 4.79 Å². The average Bonchev–Trinajstić information content (AvgIpc) is 1.84. The minimum absolute atomic E-state index is 0.558. The molecule has 0 saturated carbocycles. The van der Waals surface area contributed by atoms with Crippen LogP contribution in [0.25, 0.3) is 0 Å². The molecule has 0 aromatic rings. The number of nitrogens with two attached hydrogens (primary N) is 1. The van der Waals surface area contributed by atoms with Crippen molar-refractivity contribution in [2.75, 3.05) is 6.61 Å². The van der Waals surface area contributed by atoms with Crippen molar-refractivity contribution in [3.8, 4) is 0 Å². The summed E-state index contributed by atoms with van der Waals surface area (Å²) in [7, 11) is 0. The van der Waals surface area contributed by atoms with Gasteiger partial charge < -0.3 is 15.9 Å². The van der Waals surface area contributed by atoms with Crippen LogP contribution in [0.2, 0.25) is 0 Å². The van der Waals surface area contributed by atoms with Gasteiger partial charge in [0.2, 0.25) is 5.91 Å². The summed E-state index contributed by atoms with van der Waals surface area (Å²) in [5, 5.41) is 15.6. The molecule has 0 aliphatic heterocycles. The normalized spacial score (nSPS) is 16.8. The van der Waals surface area contributed by atoms with Crippen molar-refractivity contribution in [1.29, 1.82) is 0 Å². The fourth-order valence-electron chi connectivity index (χ4n) is 0.282. The van der Waals surface area contributed by atoms with Crippen LogP contribution in [0.5, 0.6) is 0 Å². The lowest BCUT2D eigenvalue weighted by molar-refractivity contribution is -0.119. The molecule has 4 nitrogen and oxygen atoms in total. The summed E-state index contributed by atoms with van der Waals surface area (Å²) in [5.74, 6) is -0.835. The van der Waals surface area contributed by atoms with Crippen LogP contribution < -0.4 is 5.73 Å². The number of primary amides is 1. The van der Waals surface area contributed by atoms with Crippen LogP contribution in [0.15, 0.2) is 0 Å². The van der Waals surface area contributed by atoms with E-state index in [1.165, 1.54) is 0 Å². The van der Waals surface area contributed by atoms with Crippen molar-refractivity contribution in [3.63, 3.8) is 0 Å². The Bertz CT molecular complexity index is 108. The molecule has 0 saturated heterocycles. The highest BCUT2D eigenvalue weighted by atomic mass is 35.5. The van der Waals surface area contributed by atoms with E-state index in [-0.39, 0.29) is 0 Å². The highest BCUT2D eigenvalue weighted by Crippen LogP contribution is 2.00. The maximum Gasteiger partial charge on any atom is 0.238 e. The van der Waals surface area contributed by atoms with Gasteiger partial charge in [-0.15, -0.1) is 11.6 Å². The molecule has 0 fully saturated rings. The number of amides is 1. The van der Waals surface area contributed by atoms with Gasteiger partial charge in [-0.25, -0.2) is 0 Å². The third-order valence-corrected chi connectivity index (χ3v) is 1.30. The van der Waals surface area contributed by atoms with Gasteiger partial charge in [0.1, 0.15) is 11.5 Å². The average molecular weight is 154 g/mol. The van der Waals surface area contributed by atoms with Crippen molar-refractivity contribution in [1.82, 2.24) is 0 Å². The molecule has 0 aromatic heterocycles. The monoisotopic (exact) mass is 153 g/mol. The Balaban J connectivity index is 3.72. The van der Waals surface area contributed by atoms with E-state index in [2.05, 4.69) is 5.73 Å². The summed E-state index contributed by atoms with van der Waals surface area (Å²) in [6.45, 7) is -0.558. The second kappa shape index (κ2) is 3.66. The Labute approximate surface area is 57.2 Å². The number of halogens is 1. The van der Waals surface area contributed by atoms with Crippen molar-refractivity contribution in [2.45, 2.75) is 11.5 Å². The second-order valence-electron chi connectivity index (χ2n) is 1.55. The van der Waals surface area contributed by atoms with Gasteiger partial charge in [-0.2, -0.15) is 0 Å². The van der Waals surface area contributed by atoms with E-state index in [4.69, 9.17) is 21.8 Å². The molecule has 0 unspecified atom stereocenters. The molecule has 54 valence electrons. The number of aliphatic hydroxyl groups is 2. The summed E-state index contributed by atoms with van der Waals surface area (Å²) < 4.78 is 0. The molecule has 5 heteroatoms. The summed E-state index contributed by atoms with van der Waals surface area (Å²) >= 11 is 5.18. The molecule has 0 bridgehead atoms. The SMILES string of the molecule is NC(=O)[C@@H](Cl)[C@H](O)CO. The Morgan fingerprint density at radius 2 is 2.22 bits per heavy atom. The van der Waals surface area contributed by atoms with Gasteiger partial charge in [-0.3, -0.25) is 4.79 Å². The number of alkyl halides is 1. The summed E-state index contributed by atoms with van der Waals surface area (Å²) in [5.41, 5.74) is 4.67. The maximum absolute atomic E-state index is 10.1. The van der Waals surface area contributed by atoms with Gasteiger partial charge >= 0.3 is 0 Å². The number of aliphatic hydroxyl groups excluding tert-OH is 2. The van der Waals surface area contributed by atoms with Crippen molar-refractivity contribution in [2.24, 2.45) is 5.73 Å². The third kappa shape index (κ3) is 2.64. The number of rotatable bonds is 3. The van der Waals surface area contributed by atoms with E-state index >= 15 is 0 Å². The van der Waals surface area contributed by atoms with E-state index in [0.29, 0.717) is 0 Å². The summed E-state index contributed by atoms with van der Waals surface area (Å²) in [6.07, 6.45) is -1.26. The Hall–Kier alpha value is -0.320. The first kappa shape index (κ1) is 8.68. The van der Waals surface area contributed by atoms with Crippen molar-refractivity contribution < 1.29 is 15.0 Å². The fourth-order valence-corrected chi connectivity index (χ4v) is 0.362. The molecule has 4 N–H and O–H groups in total. The summed E-state index contributed by atoms with van der Waals surface area (Å²) in [6, 6.07) is 0. The van der Waals surface area contributed by atoms with Crippen LogP contribution >= 0.6 is 11.6 Å². The minimum atomic E-state index is -1.26. The first-order valence-corrected chi connectivity index (χ1v) is 2.75. The van der Waals surface area contributed by atoms with Gasteiger partial charge in [0.25, 0.3) is 0 Å². The first-order valence-electron chi connectivity index (χ1n) is 2.32. The van der Waals surface area contributed by atoms with Gasteiger partial charge in [0.15, 0.2) is 0 Å². The predicted molar refractivity (Wildman–Crippen MR) is 31.9 cm³/mol. The fraction of sp³-hybridized carbons (Fsp3) is 0.750. The van der Waals surface area contributed by atoms with Crippen LogP contribution in [0.1, 0.15) is 0 Å². The quantitative estimate of drug-likeness (QED) is 0.429. The van der Waals surface area contributed by atoms with Gasteiger partial charge in [0, 0.05) is 0 Å². The van der Waals surface area contributed by atoms with Gasteiger partial charge in [0.05, 0.1) is 6.61 Å². The van der Waals surface area contributed by atoms with Gasteiger partial charge in [-0.05, 0) is 0 Å². The number of carbonyl (C=O) groups excluding carboxylic acids is 1. The minimum Gasteiger partial charge on any atom is -0.394 e. The van der Waals surface area contributed by atoms with E-state index in [1.54, 1.807) is 0 Å². The zero-order valence-electron chi connectivity index (χ0n) is 4.62. The largest absolute Gasteiger partial charge is 0.394 e. The zero-order valence-corrected chi connectivity index (χ0v) is 5.38. The van der Waals surface area contributed by atoms with E-state index in [0.717, 1.165) is 0 Å². The van der Waals surface area contributed by atoms with Crippen molar-refractivity contribution >= 4 is 17.5 Å². The van der Waals surface area contributed by atoms with Crippen LogP contribution in [-0.4, -0.2) is 34.2 Å². The standard InChI is InChI=1S/C4H8ClNO3/c5-3(4(6)9)2(8)1-7/h2-3,7-8H,1H2,(H2,6,9)/t2-,3+/m1/s1. The highest BCUT2D eigenvalue weighted by molar-refractivity contribution is 6.31. The first-order chi connectivity index (χ1) is 4.09. The molecular weight excluding hydrogens is 146 g/mol. The molecule has 0 aliphatic carbocycles. The highest BCUT2D eigenvalue weighted by Gasteiger charge is 2.20. The summed E-state index contributed by atoms with van der Waals surface area (Å²) in [4.78, 5) is 10.1. The number of hydrogen-bond acceptors (Lipinski definition) is 3. The lowest BCUT2D eigenvalue weighted by atomic mass is 10.2. The van der Waals surface area contributed by atoms with Crippen LogP contribution in [-0.2, 0) is 4.79 Å². The molecule has 9 heavy (non-hydrogen) atoms. The van der Waals surface area contributed by atoms with Crippen LogP contribution in [0.3, 0.4) is 0 Å². The van der Waals surface area contributed by atoms with Gasteiger partial charge in [-0.1, -0.05) is 0 Å². The molecule has 0 aliphatic rings. The third-order valence-electron chi connectivity index (χ3n) is 0.797. The van der Waals surface area contributed by atoms with Crippen LogP contribution in [0, 0.1) is 0 Å². The molecule has 0 spiro atoms. The molecule has 0 aromatic carbocycles. The molecule has 0 rings (SSSR count). The molecule has 0 radical (unpaired) electrons. The van der Waals surface area contributed by atoms with E-state index in [1.807, 2.05) is 0 Å². The smallest absolute Gasteiger partial charge is 0.238 e. The number of hydrogen-bond donors (Lipinski definition) is 3.